The van der Waals surface area contributed by atoms with Crippen LogP contribution in [-0.2, 0) is 6.42 Å². The van der Waals surface area contributed by atoms with Crippen LogP contribution in [0.4, 0.5) is 0 Å². The lowest BCUT2D eigenvalue weighted by Gasteiger charge is -2.06. The van der Waals surface area contributed by atoms with E-state index in [0.717, 1.165) is 17.7 Å². The molecule has 1 nitrogen and oxygen atoms in total. The molecule has 0 aliphatic heterocycles. The summed E-state index contributed by atoms with van der Waals surface area (Å²) in [5, 5.41) is 0. The van der Waals surface area contributed by atoms with Gasteiger partial charge in [-0.2, -0.15) is 0 Å². The average molecular weight is 211 g/mol. The van der Waals surface area contributed by atoms with Gasteiger partial charge in [-0.25, -0.2) is 0 Å². The molecular formula is C15H15O. The Morgan fingerprint density at radius 2 is 1.56 bits per heavy atom. The van der Waals surface area contributed by atoms with E-state index in [4.69, 9.17) is 4.74 Å². The maximum absolute atomic E-state index is 5.64. The zero-order valence-electron chi connectivity index (χ0n) is 9.23. The minimum atomic E-state index is 0.709. The molecule has 0 bridgehead atoms. The Morgan fingerprint density at radius 3 is 2.25 bits per heavy atom. The Balaban J connectivity index is 1.82. The molecule has 0 aliphatic carbocycles. The highest BCUT2D eigenvalue weighted by molar-refractivity contribution is 5.28. The smallest absolute Gasteiger partial charge is 0.119 e. The molecule has 0 saturated heterocycles. The molecule has 81 valence electrons. The molecule has 2 aromatic rings. The molecule has 0 saturated carbocycles. The molecule has 0 unspecified atom stereocenters. The molecule has 2 rings (SSSR count). The second kappa shape index (κ2) is 5.36. The highest BCUT2D eigenvalue weighted by Gasteiger charge is 1.94. The van der Waals surface area contributed by atoms with Gasteiger partial charge in [0.05, 0.1) is 6.61 Å². The van der Waals surface area contributed by atoms with Crippen LogP contribution in [0.3, 0.4) is 0 Å². The van der Waals surface area contributed by atoms with Crippen molar-refractivity contribution in [2.24, 2.45) is 0 Å². The van der Waals surface area contributed by atoms with E-state index in [1.54, 1.807) is 0 Å². The average Bonchev–Trinajstić information content (AvgIpc) is 2.33. The first-order valence-corrected chi connectivity index (χ1v) is 5.43. The summed E-state index contributed by atoms with van der Waals surface area (Å²) < 4.78 is 5.64. The van der Waals surface area contributed by atoms with Gasteiger partial charge < -0.3 is 4.74 Å². The maximum Gasteiger partial charge on any atom is 0.119 e. The summed E-state index contributed by atoms with van der Waals surface area (Å²) in [6.45, 7) is 4.54. The number of hydrogen-bond donors (Lipinski definition) is 0. The van der Waals surface area contributed by atoms with Gasteiger partial charge in [-0.05, 0) is 30.2 Å². The van der Waals surface area contributed by atoms with Crippen LogP contribution in [-0.4, -0.2) is 6.61 Å². The summed E-state index contributed by atoms with van der Waals surface area (Å²) in [6, 6.07) is 18.2. The summed E-state index contributed by atoms with van der Waals surface area (Å²) in [5.74, 6) is 0.906. The van der Waals surface area contributed by atoms with Crippen molar-refractivity contribution < 1.29 is 4.74 Å². The fourth-order valence-electron chi connectivity index (χ4n) is 1.52. The van der Waals surface area contributed by atoms with Crippen LogP contribution in [0.1, 0.15) is 11.1 Å². The molecule has 0 aliphatic rings. The lowest BCUT2D eigenvalue weighted by molar-refractivity contribution is 0.322. The fourth-order valence-corrected chi connectivity index (χ4v) is 1.52. The summed E-state index contributed by atoms with van der Waals surface area (Å²) >= 11 is 0. The third-order valence-electron chi connectivity index (χ3n) is 2.43. The summed E-state index contributed by atoms with van der Waals surface area (Å²) in [6.07, 6.45) is 0.937. The normalized spacial score (nSPS) is 10.1. The van der Waals surface area contributed by atoms with Crippen LogP contribution in [0.2, 0.25) is 0 Å². The highest BCUT2D eigenvalue weighted by atomic mass is 16.5. The molecule has 2 aromatic carbocycles. The first kappa shape index (κ1) is 10.7. The molecule has 0 heterocycles. The van der Waals surface area contributed by atoms with Crippen LogP contribution in [0.5, 0.6) is 5.75 Å². The van der Waals surface area contributed by atoms with E-state index >= 15 is 0 Å². The van der Waals surface area contributed by atoms with E-state index in [2.05, 4.69) is 19.1 Å². The van der Waals surface area contributed by atoms with E-state index in [9.17, 15) is 0 Å². The number of rotatable bonds is 4. The second-order valence-corrected chi connectivity index (χ2v) is 3.73. The number of ether oxygens (including phenoxy) is 1. The standard InChI is InChI=1S/C15H15O/c1-13-7-9-15(10-8-13)16-12-11-14-5-3-2-4-6-14/h2-10H,1,11-12H2. The third kappa shape index (κ3) is 3.13. The molecule has 0 amide bonds. The van der Waals surface area contributed by atoms with E-state index in [0.29, 0.717) is 6.61 Å². The Morgan fingerprint density at radius 1 is 0.875 bits per heavy atom. The van der Waals surface area contributed by atoms with Gasteiger partial charge in [0.25, 0.3) is 0 Å². The van der Waals surface area contributed by atoms with Gasteiger partial charge in [-0.1, -0.05) is 42.5 Å². The number of benzene rings is 2. The summed E-state index contributed by atoms with van der Waals surface area (Å²) in [5.41, 5.74) is 2.31. The first-order chi connectivity index (χ1) is 7.84. The maximum atomic E-state index is 5.64. The predicted molar refractivity (Wildman–Crippen MR) is 66.5 cm³/mol. The van der Waals surface area contributed by atoms with Crippen molar-refractivity contribution in [3.63, 3.8) is 0 Å². The lowest BCUT2D eigenvalue weighted by Crippen LogP contribution is -2.00. The van der Waals surface area contributed by atoms with Crippen molar-refractivity contribution in [2.75, 3.05) is 6.61 Å². The van der Waals surface area contributed by atoms with E-state index < -0.39 is 0 Å². The van der Waals surface area contributed by atoms with Crippen molar-refractivity contribution in [1.29, 1.82) is 0 Å². The molecule has 0 aromatic heterocycles. The summed E-state index contributed by atoms with van der Waals surface area (Å²) in [7, 11) is 0. The van der Waals surface area contributed by atoms with Crippen LogP contribution in [0.15, 0.2) is 54.6 Å². The first-order valence-electron chi connectivity index (χ1n) is 5.43. The topological polar surface area (TPSA) is 9.23 Å². The van der Waals surface area contributed by atoms with Crippen molar-refractivity contribution in [3.8, 4) is 5.75 Å². The van der Waals surface area contributed by atoms with E-state index in [1.807, 2.05) is 42.5 Å². The van der Waals surface area contributed by atoms with Gasteiger partial charge >= 0.3 is 0 Å². The molecule has 0 fully saturated rings. The van der Waals surface area contributed by atoms with Crippen LogP contribution in [0, 0.1) is 6.92 Å². The Bertz CT molecular complexity index is 417. The Hall–Kier alpha value is -1.76. The molecule has 0 N–H and O–H groups in total. The molecule has 1 heteroatoms. The largest absolute Gasteiger partial charge is 0.493 e. The molecule has 0 atom stereocenters. The zero-order valence-corrected chi connectivity index (χ0v) is 9.23. The monoisotopic (exact) mass is 211 g/mol. The van der Waals surface area contributed by atoms with Gasteiger partial charge in [0.1, 0.15) is 5.75 Å². The van der Waals surface area contributed by atoms with Crippen molar-refractivity contribution in [2.45, 2.75) is 6.42 Å². The lowest BCUT2D eigenvalue weighted by atomic mass is 10.2. The SMILES string of the molecule is [CH2]c1ccc(OCCc2ccccc2)cc1. The van der Waals surface area contributed by atoms with Crippen molar-refractivity contribution in [3.05, 3.63) is 72.6 Å². The minimum absolute atomic E-state index is 0.709. The van der Waals surface area contributed by atoms with Crippen LogP contribution < -0.4 is 4.74 Å². The zero-order chi connectivity index (χ0) is 11.2. The van der Waals surface area contributed by atoms with E-state index in [1.165, 1.54) is 5.56 Å². The molecule has 16 heavy (non-hydrogen) atoms. The number of hydrogen-bond acceptors (Lipinski definition) is 1. The minimum Gasteiger partial charge on any atom is -0.493 e. The van der Waals surface area contributed by atoms with Crippen LogP contribution in [0.25, 0.3) is 0 Å². The van der Waals surface area contributed by atoms with Gasteiger partial charge in [-0.3, -0.25) is 0 Å². The van der Waals surface area contributed by atoms with Gasteiger partial charge in [0, 0.05) is 6.42 Å². The van der Waals surface area contributed by atoms with Crippen molar-refractivity contribution in [1.82, 2.24) is 0 Å². The molecule has 0 spiro atoms. The van der Waals surface area contributed by atoms with Gasteiger partial charge in [0.2, 0.25) is 0 Å². The van der Waals surface area contributed by atoms with E-state index in [-0.39, 0.29) is 0 Å². The third-order valence-corrected chi connectivity index (χ3v) is 2.43. The second-order valence-electron chi connectivity index (χ2n) is 3.73. The predicted octanol–water partition coefficient (Wildman–Crippen LogP) is 3.49. The van der Waals surface area contributed by atoms with Crippen LogP contribution >= 0.6 is 0 Å². The van der Waals surface area contributed by atoms with Gasteiger partial charge in [-0.15, -0.1) is 0 Å². The quantitative estimate of drug-likeness (QED) is 0.752. The highest BCUT2D eigenvalue weighted by Crippen LogP contribution is 2.11. The van der Waals surface area contributed by atoms with Gasteiger partial charge in [0.15, 0.2) is 0 Å². The fraction of sp³-hybridized carbons (Fsp3) is 0.133. The molecule has 1 radical (unpaired) electrons. The Kier molecular flexibility index (Phi) is 3.60. The molecular weight excluding hydrogens is 196 g/mol. The van der Waals surface area contributed by atoms with Crippen molar-refractivity contribution >= 4 is 0 Å². The summed E-state index contributed by atoms with van der Waals surface area (Å²) in [4.78, 5) is 0. The Labute approximate surface area is 96.7 Å².